The number of nitrogens with one attached hydrogen (secondary N) is 1. The van der Waals surface area contributed by atoms with Crippen LogP contribution < -0.4 is 5.32 Å². The van der Waals surface area contributed by atoms with Crippen molar-refractivity contribution in [3.05, 3.63) is 36.0 Å². The van der Waals surface area contributed by atoms with Crippen molar-refractivity contribution in [2.45, 2.75) is 38.3 Å². The van der Waals surface area contributed by atoms with Crippen molar-refractivity contribution in [2.24, 2.45) is 0 Å². The van der Waals surface area contributed by atoms with Crippen LogP contribution in [-0.2, 0) is 11.2 Å². The van der Waals surface area contributed by atoms with E-state index in [0.717, 1.165) is 31.3 Å². The van der Waals surface area contributed by atoms with Crippen molar-refractivity contribution in [3.63, 3.8) is 0 Å². The van der Waals surface area contributed by atoms with E-state index >= 15 is 0 Å². The molecular formula is C17H19N3O. The molecule has 1 aromatic heterocycles. The van der Waals surface area contributed by atoms with Gasteiger partial charge >= 0.3 is 0 Å². The summed E-state index contributed by atoms with van der Waals surface area (Å²) < 4.78 is 0. The number of fused-ring (bicyclic) bond motifs is 3. The number of hydrogen-bond acceptors (Lipinski definition) is 3. The van der Waals surface area contributed by atoms with Crippen molar-refractivity contribution >= 4 is 22.5 Å². The number of anilines is 1. The number of hydrogen-bond donors (Lipinski definition) is 1. The maximum absolute atomic E-state index is 11.8. The topological polar surface area (TPSA) is 45.2 Å². The molecule has 3 heterocycles. The smallest absolute Gasteiger partial charge is 0.219 e. The van der Waals surface area contributed by atoms with Crippen molar-refractivity contribution in [1.82, 2.24) is 9.88 Å². The zero-order valence-corrected chi connectivity index (χ0v) is 12.2. The summed E-state index contributed by atoms with van der Waals surface area (Å²) in [5.74, 6) is 0.196. The summed E-state index contributed by atoms with van der Waals surface area (Å²) in [7, 11) is 0. The summed E-state index contributed by atoms with van der Waals surface area (Å²) in [4.78, 5) is 18.2. The Kier molecular flexibility index (Phi) is 2.84. The normalized spacial score (nSPS) is 24.1. The molecule has 4 heteroatoms. The molecule has 0 spiro atoms. The number of rotatable bonds is 1. The predicted octanol–water partition coefficient (Wildman–Crippen LogP) is 2.58. The summed E-state index contributed by atoms with van der Waals surface area (Å²) in [6.45, 7) is 2.58. The minimum Gasteiger partial charge on any atom is -0.379 e. The first-order valence-corrected chi connectivity index (χ1v) is 7.64. The highest BCUT2D eigenvalue weighted by atomic mass is 16.2. The average Bonchev–Trinajstić information content (AvgIpc) is 3.13. The lowest BCUT2D eigenvalue weighted by molar-refractivity contribution is -0.129. The number of carbonyl (C=O) groups excluding carboxylic acids is 1. The monoisotopic (exact) mass is 281 g/mol. The molecule has 0 saturated carbocycles. The fraction of sp³-hybridized carbons (Fsp3) is 0.412. The zero-order chi connectivity index (χ0) is 14.4. The van der Waals surface area contributed by atoms with Crippen LogP contribution in [0.25, 0.3) is 10.9 Å². The van der Waals surface area contributed by atoms with E-state index in [-0.39, 0.29) is 5.91 Å². The van der Waals surface area contributed by atoms with Gasteiger partial charge in [0.15, 0.2) is 0 Å². The summed E-state index contributed by atoms with van der Waals surface area (Å²) in [5.41, 5.74) is 3.58. The van der Waals surface area contributed by atoms with Crippen LogP contribution in [0, 0.1) is 0 Å². The van der Waals surface area contributed by atoms with Gasteiger partial charge in [-0.15, -0.1) is 0 Å². The van der Waals surface area contributed by atoms with Crippen LogP contribution in [-0.4, -0.2) is 34.4 Å². The molecular weight excluding hydrogens is 262 g/mol. The fourth-order valence-electron chi connectivity index (χ4n) is 3.85. The highest BCUT2D eigenvalue weighted by Crippen LogP contribution is 2.36. The van der Waals surface area contributed by atoms with Crippen molar-refractivity contribution in [3.8, 4) is 0 Å². The van der Waals surface area contributed by atoms with Gasteiger partial charge in [0.1, 0.15) is 0 Å². The second-order valence-corrected chi connectivity index (χ2v) is 6.05. The highest BCUT2D eigenvalue weighted by molar-refractivity contribution is 5.94. The second-order valence-electron chi connectivity index (χ2n) is 6.05. The van der Waals surface area contributed by atoms with Crippen LogP contribution in [0.15, 0.2) is 30.5 Å². The van der Waals surface area contributed by atoms with Gasteiger partial charge < -0.3 is 10.2 Å². The molecule has 21 heavy (non-hydrogen) atoms. The number of likely N-dealkylation sites (tertiary alicyclic amines) is 1. The first-order chi connectivity index (χ1) is 10.2. The molecule has 2 aliphatic rings. The maximum Gasteiger partial charge on any atom is 0.219 e. The Morgan fingerprint density at radius 1 is 1.38 bits per heavy atom. The molecule has 1 amide bonds. The van der Waals surface area contributed by atoms with E-state index in [9.17, 15) is 4.79 Å². The van der Waals surface area contributed by atoms with Crippen LogP contribution in [0.5, 0.6) is 0 Å². The third-order valence-corrected chi connectivity index (χ3v) is 4.81. The number of pyridine rings is 1. The molecule has 1 aromatic carbocycles. The highest BCUT2D eigenvalue weighted by Gasteiger charge is 2.36. The molecule has 1 N–H and O–H groups in total. The third-order valence-electron chi connectivity index (χ3n) is 4.81. The summed E-state index contributed by atoms with van der Waals surface area (Å²) in [6.07, 6.45) is 5.03. The van der Waals surface area contributed by atoms with Gasteiger partial charge in [0, 0.05) is 30.7 Å². The number of nitrogens with zero attached hydrogens (tertiary/aromatic N) is 2. The Morgan fingerprint density at radius 3 is 3.14 bits per heavy atom. The Morgan fingerprint density at radius 2 is 2.29 bits per heavy atom. The van der Waals surface area contributed by atoms with Crippen LogP contribution >= 0.6 is 0 Å². The lowest BCUT2D eigenvalue weighted by Crippen LogP contribution is -2.44. The van der Waals surface area contributed by atoms with E-state index in [4.69, 9.17) is 0 Å². The molecule has 1 fully saturated rings. The molecule has 2 atom stereocenters. The van der Waals surface area contributed by atoms with Crippen LogP contribution in [0.3, 0.4) is 0 Å². The van der Waals surface area contributed by atoms with E-state index in [1.54, 1.807) is 6.92 Å². The number of amides is 1. The van der Waals surface area contributed by atoms with Gasteiger partial charge in [0.05, 0.1) is 17.6 Å². The number of benzene rings is 1. The maximum atomic E-state index is 11.8. The van der Waals surface area contributed by atoms with E-state index in [1.807, 2.05) is 17.2 Å². The molecule has 108 valence electrons. The molecule has 4 rings (SSSR count). The molecule has 1 saturated heterocycles. The SMILES string of the molecule is CC(=O)N1CCC[C@H]1C1Cc2ccc3ncccc3c2N1. The molecule has 0 aliphatic carbocycles. The summed E-state index contributed by atoms with van der Waals surface area (Å²) in [5, 5.41) is 4.86. The van der Waals surface area contributed by atoms with Gasteiger partial charge in [-0.05, 0) is 43.0 Å². The summed E-state index contributed by atoms with van der Waals surface area (Å²) in [6, 6.07) is 9.02. The Balaban J connectivity index is 1.68. The second kappa shape index (κ2) is 4.72. The quantitative estimate of drug-likeness (QED) is 0.874. The van der Waals surface area contributed by atoms with Gasteiger partial charge in [-0.2, -0.15) is 0 Å². The van der Waals surface area contributed by atoms with E-state index in [0.29, 0.717) is 12.1 Å². The largest absolute Gasteiger partial charge is 0.379 e. The van der Waals surface area contributed by atoms with Crippen molar-refractivity contribution < 1.29 is 4.79 Å². The number of aromatic nitrogens is 1. The first kappa shape index (κ1) is 12.6. The van der Waals surface area contributed by atoms with Gasteiger partial charge in [0.2, 0.25) is 5.91 Å². The minimum absolute atomic E-state index is 0.196. The Labute approximate surface area is 124 Å². The molecule has 2 aliphatic heterocycles. The van der Waals surface area contributed by atoms with Crippen LogP contribution in [0.2, 0.25) is 0 Å². The van der Waals surface area contributed by atoms with Gasteiger partial charge in [-0.25, -0.2) is 0 Å². The molecule has 2 aromatic rings. The molecule has 4 nitrogen and oxygen atoms in total. The zero-order valence-electron chi connectivity index (χ0n) is 12.2. The van der Waals surface area contributed by atoms with Crippen molar-refractivity contribution in [1.29, 1.82) is 0 Å². The lowest BCUT2D eigenvalue weighted by atomic mass is 10.0. The van der Waals surface area contributed by atoms with Gasteiger partial charge in [-0.1, -0.05) is 6.07 Å². The minimum atomic E-state index is 0.196. The van der Waals surface area contributed by atoms with Gasteiger partial charge in [-0.3, -0.25) is 9.78 Å². The Bertz CT molecular complexity index is 712. The standard InChI is InChI=1S/C17H19N3O/c1-11(21)20-9-3-5-16(20)15-10-12-6-7-14-13(17(12)19-15)4-2-8-18-14/h2,4,6-8,15-16,19H,3,5,9-10H2,1H3/t15?,16-/m0/s1. The van der Waals surface area contributed by atoms with E-state index < -0.39 is 0 Å². The van der Waals surface area contributed by atoms with E-state index in [2.05, 4.69) is 28.5 Å². The average molecular weight is 281 g/mol. The van der Waals surface area contributed by atoms with Gasteiger partial charge in [0.25, 0.3) is 0 Å². The fourth-order valence-corrected chi connectivity index (χ4v) is 3.85. The van der Waals surface area contributed by atoms with Crippen LogP contribution in [0.4, 0.5) is 5.69 Å². The number of carbonyl (C=O) groups is 1. The molecule has 1 unspecified atom stereocenters. The van der Waals surface area contributed by atoms with Crippen molar-refractivity contribution in [2.75, 3.05) is 11.9 Å². The molecule has 0 radical (unpaired) electrons. The molecule has 0 bridgehead atoms. The van der Waals surface area contributed by atoms with E-state index in [1.165, 1.54) is 16.6 Å². The Hall–Kier alpha value is -2.10. The lowest BCUT2D eigenvalue weighted by Gasteiger charge is -2.29. The third kappa shape index (κ3) is 1.97. The van der Waals surface area contributed by atoms with Crippen LogP contribution in [0.1, 0.15) is 25.3 Å². The predicted molar refractivity (Wildman–Crippen MR) is 83.3 cm³/mol. The first-order valence-electron chi connectivity index (χ1n) is 7.64. The summed E-state index contributed by atoms with van der Waals surface area (Å²) >= 11 is 0.